The van der Waals surface area contributed by atoms with E-state index in [9.17, 15) is 49.0 Å². The number of nitrogens with zero attached hydrogens (tertiary/aromatic N) is 1. The van der Waals surface area contributed by atoms with Crippen molar-refractivity contribution in [2.45, 2.75) is 25.5 Å². The highest BCUT2D eigenvalue weighted by Gasteiger charge is 2.37. The van der Waals surface area contributed by atoms with Crippen LogP contribution in [0, 0.1) is 6.92 Å². The number of aryl methyl sites for hydroxylation is 1. The van der Waals surface area contributed by atoms with Crippen molar-refractivity contribution >= 4 is 35.8 Å². The predicted molar refractivity (Wildman–Crippen MR) is 143 cm³/mol. The molecule has 14 heteroatoms. The Hall–Kier alpha value is -3.33. The van der Waals surface area contributed by atoms with Crippen LogP contribution in [0.4, 0.5) is 39.5 Å². The molecule has 0 saturated carbocycles. The zero-order chi connectivity index (χ0) is 31.1. The van der Waals surface area contributed by atoms with Crippen LogP contribution in [-0.2, 0) is 23.1 Å². The van der Waals surface area contributed by atoms with Gasteiger partial charge in [-0.2, -0.15) is 39.5 Å². The lowest BCUT2D eigenvalue weighted by atomic mass is 10.2. The number of alkyl halides is 9. The van der Waals surface area contributed by atoms with E-state index in [0.29, 0.717) is 36.4 Å². The average molecular weight is 635 g/mol. The van der Waals surface area contributed by atoms with Crippen LogP contribution in [0.15, 0.2) is 102 Å². The SMILES string of the molecule is Cc1ccc(P(O)(=NP(=O)(c2ccc(C(F)(F)F)cc2)c2ccc(C(F)(F)F)cc2)c2ccc(C(F)(F)F)cc2)cc1. The van der Waals surface area contributed by atoms with E-state index in [1.54, 1.807) is 19.1 Å². The summed E-state index contributed by atoms with van der Waals surface area (Å²) < 4.78 is 138. The summed E-state index contributed by atoms with van der Waals surface area (Å²) in [5.41, 5.74) is -2.52. The molecule has 0 aliphatic carbocycles. The Morgan fingerprint density at radius 1 is 0.500 bits per heavy atom. The van der Waals surface area contributed by atoms with Gasteiger partial charge < -0.3 is 4.89 Å². The van der Waals surface area contributed by atoms with E-state index in [-0.39, 0.29) is 21.2 Å². The van der Waals surface area contributed by atoms with Gasteiger partial charge in [-0.05, 0) is 79.7 Å². The van der Waals surface area contributed by atoms with E-state index in [4.69, 9.17) is 0 Å². The summed E-state index contributed by atoms with van der Waals surface area (Å²) in [6, 6.07) is 15.0. The van der Waals surface area contributed by atoms with Crippen molar-refractivity contribution in [1.29, 1.82) is 0 Å². The molecular weight excluding hydrogens is 615 g/mol. The monoisotopic (exact) mass is 635 g/mol. The fourth-order valence-electron chi connectivity index (χ4n) is 4.00. The van der Waals surface area contributed by atoms with Gasteiger partial charge in [0.2, 0.25) is 7.29 Å². The molecule has 4 aromatic rings. The van der Waals surface area contributed by atoms with Crippen LogP contribution in [0.3, 0.4) is 0 Å². The van der Waals surface area contributed by atoms with Gasteiger partial charge in [0.1, 0.15) is 7.28 Å². The minimum Gasteiger partial charge on any atom is -0.353 e. The lowest BCUT2D eigenvalue weighted by Gasteiger charge is -2.25. The molecule has 0 heterocycles. The van der Waals surface area contributed by atoms with E-state index in [2.05, 4.69) is 4.52 Å². The molecule has 222 valence electrons. The maximum atomic E-state index is 14.8. The highest BCUT2D eigenvalue weighted by atomic mass is 31.2. The number of halogens is 9. The van der Waals surface area contributed by atoms with Crippen LogP contribution < -0.4 is 21.2 Å². The first-order valence-corrected chi connectivity index (χ1v) is 15.3. The van der Waals surface area contributed by atoms with Crippen LogP contribution >= 0.6 is 14.6 Å². The lowest BCUT2D eigenvalue weighted by Crippen LogP contribution is -2.21. The topological polar surface area (TPSA) is 49.7 Å². The average Bonchev–Trinajstić information content (AvgIpc) is 2.92. The van der Waals surface area contributed by atoms with Gasteiger partial charge in [-0.25, -0.2) is 4.52 Å². The molecule has 0 bridgehead atoms. The number of rotatable bonds is 5. The molecule has 0 radical (unpaired) electrons. The molecule has 0 fully saturated rings. The van der Waals surface area contributed by atoms with Crippen molar-refractivity contribution < 1.29 is 49.0 Å². The Bertz CT molecular complexity index is 1600. The molecule has 3 nitrogen and oxygen atoms in total. The van der Waals surface area contributed by atoms with E-state index in [0.717, 1.165) is 42.0 Å². The summed E-state index contributed by atoms with van der Waals surface area (Å²) in [4.78, 5) is 12.1. The van der Waals surface area contributed by atoms with Crippen LogP contribution in [-0.4, -0.2) is 4.89 Å². The minimum atomic E-state index is -4.76. The van der Waals surface area contributed by atoms with Gasteiger partial charge in [0, 0.05) is 21.2 Å². The molecule has 42 heavy (non-hydrogen) atoms. The third-order valence-electron chi connectivity index (χ3n) is 6.29. The van der Waals surface area contributed by atoms with Gasteiger partial charge in [-0.1, -0.05) is 29.8 Å². The quantitative estimate of drug-likeness (QED) is 0.178. The zero-order valence-electron chi connectivity index (χ0n) is 21.3. The van der Waals surface area contributed by atoms with Gasteiger partial charge in [-0.3, -0.25) is 4.57 Å². The molecule has 0 aliphatic heterocycles. The second-order valence-corrected chi connectivity index (χ2v) is 14.4. The Kier molecular flexibility index (Phi) is 8.32. The molecule has 0 spiro atoms. The van der Waals surface area contributed by atoms with E-state index in [1.165, 1.54) is 12.1 Å². The number of hydrogen-bond donors (Lipinski definition) is 1. The molecule has 0 amide bonds. The molecule has 1 N–H and O–H groups in total. The van der Waals surface area contributed by atoms with Crippen LogP contribution in [0.2, 0.25) is 0 Å². The summed E-state index contributed by atoms with van der Waals surface area (Å²) in [5, 5.41) is -0.800. The van der Waals surface area contributed by atoms with Crippen molar-refractivity contribution in [3.8, 4) is 0 Å². The highest BCUT2D eigenvalue weighted by molar-refractivity contribution is 7.87. The minimum absolute atomic E-state index is 0.0481. The third kappa shape index (κ3) is 6.51. The van der Waals surface area contributed by atoms with Crippen molar-refractivity contribution in [3.05, 3.63) is 119 Å². The van der Waals surface area contributed by atoms with Crippen LogP contribution in [0.1, 0.15) is 22.3 Å². The molecule has 0 aliphatic rings. The molecule has 1 unspecified atom stereocenters. The summed E-state index contributed by atoms with van der Waals surface area (Å²) >= 11 is 0. The first-order valence-electron chi connectivity index (χ1n) is 11.9. The molecule has 0 aromatic heterocycles. The summed E-state index contributed by atoms with van der Waals surface area (Å²) in [5.74, 6) is 0. The Morgan fingerprint density at radius 3 is 1.05 bits per heavy atom. The Morgan fingerprint density at radius 2 is 0.762 bits per heavy atom. The predicted octanol–water partition coefficient (Wildman–Crippen LogP) is 8.04. The molecule has 4 rings (SSSR count). The van der Waals surface area contributed by atoms with Crippen LogP contribution in [0.25, 0.3) is 0 Å². The fourth-order valence-corrected chi connectivity index (χ4v) is 9.95. The number of hydrogen-bond acceptors (Lipinski definition) is 1. The first kappa shape index (κ1) is 31.6. The zero-order valence-corrected chi connectivity index (χ0v) is 23.1. The lowest BCUT2D eigenvalue weighted by molar-refractivity contribution is -0.138. The van der Waals surface area contributed by atoms with Gasteiger partial charge in [0.15, 0.2) is 0 Å². The van der Waals surface area contributed by atoms with Crippen molar-refractivity contribution in [3.63, 3.8) is 0 Å². The summed E-state index contributed by atoms with van der Waals surface area (Å²) in [7, 11) is -8.87. The van der Waals surface area contributed by atoms with Gasteiger partial charge in [0.05, 0.1) is 16.7 Å². The second kappa shape index (κ2) is 11.1. The van der Waals surface area contributed by atoms with Crippen molar-refractivity contribution in [1.82, 2.24) is 0 Å². The van der Waals surface area contributed by atoms with Crippen molar-refractivity contribution in [2.75, 3.05) is 0 Å². The largest absolute Gasteiger partial charge is 0.416 e. The van der Waals surface area contributed by atoms with E-state index >= 15 is 0 Å². The number of benzene rings is 4. The summed E-state index contributed by atoms with van der Waals surface area (Å²) in [6.45, 7) is 1.71. The molecular formula is C28H20F9NO2P2. The Labute approximate surface area is 234 Å². The molecule has 4 aromatic carbocycles. The van der Waals surface area contributed by atoms with E-state index < -0.39 is 49.8 Å². The summed E-state index contributed by atoms with van der Waals surface area (Å²) in [6.07, 6.45) is -14.2. The maximum absolute atomic E-state index is 14.8. The van der Waals surface area contributed by atoms with Gasteiger partial charge in [-0.15, -0.1) is 0 Å². The first-order chi connectivity index (χ1) is 19.3. The molecule has 0 saturated heterocycles. The third-order valence-corrected chi connectivity index (χ3v) is 12.4. The maximum Gasteiger partial charge on any atom is 0.416 e. The molecule has 1 atom stereocenters. The second-order valence-electron chi connectivity index (χ2n) is 9.24. The normalized spacial score (nSPS) is 14.4. The smallest absolute Gasteiger partial charge is 0.353 e. The highest BCUT2D eigenvalue weighted by Crippen LogP contribution is 2.58. The van der Waals surface area contributed by atoms with Crippen molar-refractivity contribution in [2.24, 2.45) is 4.52 Å². The van der Waals surface area contributed by atoms with E-state index in [1.807, 2.05) is 0 Å². The van der Waals surface area contributed by atoms with Crippen LogP contribution in [0.5, 0.6) is 0 Å². The van der Waals surface area contributed by atoms with Gasteiger partial charge in [0.25, 0.3) is 0 Å². The van der Waals surface area contributed by atoms with Gasteiger partial charge >= 0.3 is 18.5 Å². The fraction of sp³-hybridized carbons (Fsp3) is 0.143. The standard InChI is InChI=1S/C28H20F9NO2P2/c1-18-2-10-22(11-3-18)41(39,23-12-4-19(5-13-23)26(29,30)31)38-42(40,24-14-6-20(7-15-24)27(32,33)34)25-16-8-21(9-17-25)28(35,36)37/h2-17,39H,1H3. The Balaban J connectivity index is 2.04.